The average Bonchev–Trinajstić information content (AvgIpc) is 2.61. The van der Waals surface area contributed by atoms with Crippen molar-refractivity contribution in [3.8, 4) is 0 Å². The van der Waals surface area contributed by atoms with Crippen LogP contribution < -0.4 is 10.6 Å². The number of nitrogens with zero attached hydrogens (tertiary/aromatic N) is 2. The van der Waals surface area contributed by atoms with Crippen molar-refractivity contribution < 1.29 is 9.90 Å². The topological polar surface area (TPSA) is 87.1 Å². The van der Waals surface area contributed by atoms with Crippen molar-refractivity contribution in [2.24, 2.45) is 0 Å². The molecule has 0 saturated heterocycles. The van der Waals surface area contributed by atoms with Gasteiger partial charge in [0.05, 0.1) is 11.3 Å². The van der Waals surface area contributed by atoms with E-state index in [0.717, 1.165) is 11.3 Å². The van der Waals surface area contributed by atoms with Crippen molar-refractivity contribution in [2.45, 2.75) is 13.5 Å². The van der Waals surface area contributed by atoms with Crippen LogP contribution >= 0.6 is 0 Å². The van der Waals surface area contributed by atoms with Gasteiger partial charge in [-0.25, -0.2) is 9.78 Å². The van der Waals surface area contributed by atoms with Crippen LogP contribution in [0.25, 0.3) is 0 Å². The molecule has 3 rings (SSSR count). The molecule has 0 aliphatic rings. The number of aromatic carboxylic acids is 1. The predicted molar refractivity (Wildman–Crippen MR) is 97.2 cm³/mol. The normalized spacial score (nSPS) is 10.3. The van der Waals surface area contributed by atoms with Gasteiger partial charge in [0.2, 0.25) is 5.95 Å². The van der Waals surface area contributed by atoms with Crippen molar-refractivity contribution in [2.75, 3.05) is 10.6 Å². The Balaban J connectivity index is 1.79. The van der Waals surface area contributed by atoms with Crippen LogP contribution in [0, 0.1) is 6.92 Å². The molecule has 1 heterocycles. The molecule has 0 saturated carbocycles. The second-order valence-electron chi connectivity index (χ2n) is 5.53. The molecule has 126 valence electrons. The molecule has 6 heteroatoms. The van der Waals surface area contributed by atoms with Gasteiger partial charge in [0.1, 0.15) is 5.82 Å². The lowest BCUT2D eigenvalue weighted by Gasteiger charge is -2.11. The quantitative estimate of drug-likeness (QED) is 0.635. The summed E-state index contributed by atoms with van der Waals surface area (Å²) in [5, 5.41) is 15.5. The largest absolute Gasteiger partial charge is 0.478 e. The second-order valence-corrected chi connectivity index (χ2v) is 5.53. The minimum absolute atomic E-state index is 0.192. The molecule has 0 aliphatic carbocycles. The number of carboxylic acids is 1. The Hall–Kier alpha value is -3.41. The molecule has 25 heavy (non-hydrogen) atoms. The van der Waals surface area contributed by atoms with Crippen LogP contribution in [0.15, 0.2) is 60.7 Å². The summed E-state index contributed by atoms with van der Waals surface area (Å²) in [6.07, 6.45) is 0. The number of benzene rings is 2. The van der Waals surface area contributed by atoms with E-state index in [9.17, 15) is 9.90 Å². The second kappa shape index (κ2) is 7.44. The molecule has 2 aromatic carbocycles. The monoisotopic (exact) mass is 334 g/mol. The first-order chi connectivity index (χ1) is 12.1. The highest BCUT2D eigenvalue weighted by Gasteiger charge is 2.10. The highest BCUT2D eigenvalue weighted by atomic mass is 16.4. The Labute approximate surface area is 145 Å². The lowest BCUT2D eigenvalue weighted by molar-refractivity contribution is 0.0698. The minimum Gasteiger partial charge on any atom is -0.478 e. The zero-order valence-electron chi connectivity index (χ0n) is 13.7. The van der Waals surface area contributed by atoms with Gasteiger partial charge in [-0.05, 0) is 24.6 Å². The van der Waals surface area contributed by atoms with Crippen LogP contribution in [0.1, 0.15) is 21.6 Å². The number of anilines is 3. The third kappa shape index (κ3) is 4.32. The van der Waals surface area contributed by atoms with Gasteiger partial charge in [-0.2, -0.15) is 4.98 Å². The molecule has 3 aromatic rings. The molecule has 1 aromatic heterocycles. The van der Waals surface area contributed by atoms with Gasteiger partial charge in [-0.15, -0.1) is 0 Å². The molecule has 0 unspecified atom stereocenters. The highest BCUT2D eigenvalue weighted by Crippen LogP contribution is 2.21. The number of carboxylic acid groups (broad SMARTS) is 1. The zero-order valence-corrected chi connectivity index (χ0v) is 13.7. The molecule has 0 amide bonds. The maximum atomic E-state index is 11.3. The van der Waals surface area contributed by atoms with Gasteiger partial charge in [0.15, 0.2) is 0 Å². The third-order valence-electron chi connectivity index (χ3n) is 3.57. The summed E-state index contributed by atoms with van der Waals surface area (Å²) in [4.78, 5) is 20.1. The van der Waals surface area contributed by atoms with E-state index in [2.05, 4.69) is 20.6 Å². The Morgan fingerprint density at radius 1 is 1.04 bits per heavy atom. The first kappa shape index (κ1) is 16.4. The van der Waals surface area contributed by atoms with Gasteiger partial charge < -0.3 is 15.7 Å². The summed E-state index contributed by atoms with van der Waals surface area (Å²) >= 11 is 0. The zero-order chi connectivity index (χ0) is 17.6. The number of nitrogens with one attached hydrogen (secondary N) is 2. The lowest BCUT2D eigenvalue weighted by atomic mass is 10.2. The molecule has 0 aliphatic heterocycles. The SMILES string of the molecule is Cc1cc(Nc2ccccc2C(=O)O)nc(NCc2ccccc2)n1. The maximum absolute atomic E-state index is 11.3. The van der Waals surface area contributed by atoms with E-state index in [4.69, 9.17) is 0 Å². The van der Waals surface area contributed by atoms with Crippen molar-refractivity contribution in [1.29, 1.82) is 0 Å². The molecular weight excluding hydrogens is 316 g/mol. The molecule has 0 bridgehead atoms. The van der Waals surface area contributed by atoms with Crippen LogP contribution in [0.4, 0.5) is 17.5 Å². The van der Waals surface area contributed by atoms with E-state index in [-0.39, 0.29) is 5.56 Å². The molecule has 0 radical (unpaired) electrons. The standard InChI is InChI=1S/C19H18N4O2/c1-13-11-17(22-16-10-6-5-9-15(16)18(24)25)23-19(21-13)20-12-14-7-3-2-4-8-14/h2-11H,12H2,1H3,(H,24,25)(H2,20,21,22,23). The van der Waals surface area contributed by atoms with Crippen LogP contribution in [-0.4, -0.2) is 21.0 Å². The smallest absolute Gasteiger partial charge is 0.337 e. The van der Waals surface area contributed by atoms with Gasteiger partial charge in [-0.3, -0.25) is 0 Å². The molecular formula is C19H18N4O2. The summed E-state index contributed by atoms with van der Waals surface area (Å²) < 4.78 is 0. The van der Waals surface area contributed by atoms with Gasteiger partial charge >= 0.3 is 5.97 Å². The number of para-hydroxylation sites is 1. The van der Waals surface area contributed by atoms with Crippen LogP contribution in [0.2, 0.25) is 0 Å². The Kier molecular flexibility index (Phi) is 4.89. The predicted octanol–water partition coefficient (Wildman–Crippen LogP) is 3.84. The van der Waals surface area contributed by atoms with Crippen molar-refractivity contribution in [3.05, 3.63) is 77.5 Å². The van der Waals surface area contributed by atoms with E-state index in [1.807, 2.05) is 37.3 Å². The van der Waals surface area contributed by atoms with Crippen LogP contribution in [0.3, 0.4) is 0 Å². The number of aromatic nitrogens is 2. The fourth-order valence-electron chi connectivity index (χ4n) is 2.41. The minimum atomic E-state index is -0.990. The Bertz CT molecular complexity index is 882. The van der Waals surface area contributed by atoms with Crippen molar-refractivity contribution in [3.63, 3.8) is 0 Å². The highest BCUT2D eigenvalue weighted by molar-refractivity contribution is 5.95. The summed E-state index contributed by atoms with van der Waals surface area (Å²) in [6.45, 7) is 2.47. The fourth-order valence-corrected chi connectivity index (χ4v) is 2.41. The van der Waals surface area contributed by atoms with Gasteiger partial charge in [0, 0.05) is 18.3 Å². The summed E-state index contributed by atoms with van der Waals surface area (Å²) in [5.74, 6) is 0.0345. The first-order valence-electron chi connectivity index (χ1n) is 7.84. The molecule has 0 fully saturated rings. The lowest BCUT2D eigenvalue weighted by Crippen LogP contribution is -2.07. The van der Waals surface area contributed by atoms with Crippen molar-refractivity contribution >= 4 is 23.4 Å². The van der Waals surface area contributed by atoms with Gasteiger partial charge in [0.25, 0.3) is 0 Å². The maximum Gasteiger partial charge on any atom is 0.337 e. The Morgan fingerprint density at radius 3 is 2.52 bits per heavy atom. The number of carbonyl (C=O) groups is 1. The van der Waals surface area contributed by atoms with E-state index in [0.29, 0.717) is 24.0 Å². The van der Waals surface area contributed by atoms with Gasteiger partial charge in [-0.1, -0.05) is 42.5 Å². The number of hydrogen-bond donors (Lipinski definition) is 3. The molecule has 3 N–H and O–H groups in total. The summed E-state index contributed by atoms with van der Waals surface area (Å²) in [6, 6.07) is 18.4. The fraction of sp³-hybridized carbons (Fsp3) is 0.105. The van der Waals surface area contributed by atoms with E-state index in [1.54, 1.807) is 30.3 Å². The van der Waals surface area contributed by atoms with E-state index in [1.165, 1.54) is 0 Å². The van der Waals surface area contributed by atoms with E-state index < -0.39 is 5.97 Å². The van der Waals surface area contributed by atoms with E-state index >= 15 is 0 Å². The molecule has 0 atom stereocenters. The Morgan fingerprint density at radius 2 is 1.76 bits per heavy atom. The van der Waals surface area contributed by atoms with Crippen LogP contribution in [0.5, 0.6) is 0 Å². The first-order valence-corrected chi connectivity index (χ1v) is 7.84. The third-order valence-corrected chi connectivity index (χ3v) is 3.57. The average molecular weight is 334 g/mol. The number of rotatable bonds is 6. The summed E-state index contributed by atoms with van der Waals surface area (Å²) in [5.41, 5.74) is 2.58. The number of aryl methyl sites for hydroxylation is 1. The summed E-state index contributed by atoms with van der Waals surface area (Å²) in [7, 11) is 0. The van der Waals surface area contributed by atoms with Crippen LogP contribution in [-0.2, 0) is 6.54 Å². The molecule has 0 spiro atoms. The number of hydrogen-bond acceptors (Lipinski definition) is 5. The van der Waals surface area contributed by atoms with Crippen molar-refractivity contribution in [1.82, 2.24) is 9.97 Å². The molecule has 6 nitrogen and oxygen atoms in total.